The van der Waals surface area contributed by atoms with Crippen LogP contribution in [-0.4, -0.2) is 33.6 Å². The van der Waals surface area contributed by atoms with Crippen LogP contribution >= 0.6 is 11.6 Å². The molecule has 1 heterocycles. The van der Waals surface area contributed by atoms with Crippen LogP contribution in [-0.2, 0) is 16.6 Å². The number of carbonyl (C=O) groups is 2. The van der Waals surface area contributed by atoms with E-state index in [0.717, 1.165) is 22.3 Å². The molecule has 2 aromatic carbocycles. The molecule has 8 heteroatoms. The summed E-state index contributed by atoms with van der Waals surface area (Å²) < 4.78 is 7.09. The molecule has 7 nitrogen and oxygen atoms in total. The van der Waals surface area contributed by atoms with Gasteiger partial charge in [0, 0.05) is 18.5 Å². The zero-order chi connectivity index (χ0) is 23.7. The summed E-state index contributed by atoms with van der Waals surface area (Å²) in [5, 5.41) is 16.8. The Balaban J connectivity index is 1.54. The van der Waals surface area contributed by atoms with Crippen molar-refractivity contribution in [3.8, 4) is 11.1 Å². The Hall–Kier alpha value is -3.32. The third-order valence-electron chi connectivity index (χ3n) is 5.95. The quantitative estimate of drug-likeness (QED) is 0.495. The molecule has 172 valence electrons. The van der Waals surface area contributed by atoms with Crippen LogP contribution in [0, 0.1) is 0 Å². The number of aromatic nitrogens is 2. The highest BCUT2D eigenvalue weighted by molar-refractivity contribution is 6.30. The molecule has 33 heavy (non-hydrogen) atoms. The van der Waals surface area contributed by atoms with Crippen LogP contribution in [0.5, 0.6) is 0 Å². The summed E-state index contributed by atoms with van der Waals surface area (Å²) in [5.41, 5.74) is 5.62. The topological polar surface area (TPSA) is 93.5 Å². The first-order valence-corrected chi connectivity index (χ1v) is 11.2. The van der Waals surface area contributed by atoms with Gasteiger partial charge < -0.3 is 15.2 Å². The molecular weight excluding hydrogens is 442 g/mol. The molecule has 0 fully saturated rings. The molecule has 1 aliphatic carbocycles. The van der Waals surface area contributed by atoms with Gasteiger partial charge in [-0.15, -0.1) is 0 Å². The van der Waals surface area contributed by atoms with E-state index >= 15 is 0 Å². The number of carbonyl (C=O) groups excluding carboxylic acids is 1. The van der Waals surface area contributed by atoms with Crippen LogP contribution in [0.15, 0.2) is 48.5 Å². The van der Waals surface area contributed by atoms with Crippen molar-refractivity contribution in [1.82, 2.24) is 15.1 Å². The van der Waals surface area contributed by atoms with E-state index in [0.29, 0.717) is 16.4 Å². The Kier molecular flexibility index (Phi) is 6.42. The largest absolute Gasteiger partial charge is 0.481 e. The third-order valence-corrected chi connectivity index (χ3v) is 6.40. The van der Waals surface area contributed by atoms with Gasteiger partial charge in [0.2, 0.25) is 0 Å². The number of hydrogen-bond acceptors (Lipinski definition) is 4. The summed E-state index contributed by atoms with van der Waals surface area (Å²) in [4.78, 5) is 24.3. The van der Waals surface area contributed by atoms with E-state index in [-0.39, 0.29) is 24.9 Å². The van der Waals surface area contributed by atoms with Crippen LogP contribution in [0.3, 0.4) is 0 Å². The van der Waals surface area contributed by atoms with E-state index in [2.05, 4.69) is 22.5 Å². The summed E-state index contributed by atoms with van der Waals surface area (Å²) in [6, 6.07) is 15.3. The van der Waals surface area contributed by atoms with Crippen molar-refractivity contribution < 1.29 is 19.4 Å². The third kappa shape index (κ3) is 4.46. The molecule has 0 unspecified atom stereocenters. The second kappa shape index (κ2) is 9.27. The van der Waals surface area contributed by atoms with Crippen LogP contribution in [0.4, 0.5) is 4.79 Å². The normalized spacial score (nSPS) is 13.5. The van der Waals surface area contributed by atoms with Crippen molar-refractivity contribution in [3.05, 3.63) is 76.1 Å². The maximum Gasteiger partial charge on any atom is 0.407 e. The molecule has 0 saturated heterocycles. The lowest BCUT2D eigenvalue weighted by Crippen LogP contribution is -2.32. The van der Waals surface area contributed by atoms with Gasteiger partial charge in [0.15, 0.2) is 0 Å². The number of halogens is 1. The first-order valence-electron chi connectivity index (χ1n) is 10.8. The predicted molar refractivity (Wildman–Crippen MR) is 126 cm³/mol. The molecular formula is C25H26ClN3O4. The van der Waals surface area contributed by atoms with Gasteiger partial charge in [-0.2, -0.15) is 5.10 Å². The molecule has 0 bridgehead atoms. The second-order valence-corrected chi connectivity index (χ2v) is 8.85. The lowest BCUT2D eigenvalue weighted by molar-refractivity contribution is -0.137. The Bertz CT molecular complexity index is 1160. The Morgan fingerprint density at radius 2 is 1.70 bits per heavy atom. The van der Waals surface area contributed by atoms with Gasteiger partial charge >= 0.3 is 12.1 Å². The number of nitrogens with zero attached hydrogens (tertiary/aromatic N) is 2. The molecule has 0 aliphatic heterocycles. The summed E-state index contributed by atoms with van der Waals surface area (Å²) >= 11 is 6.43. The van der Waals surface area contributed by atoms with Crippen molar-refractivity contribution in [2.24, 2.45) is 7.05 Å². The standard InChI is InChI=1S/C25H26ClN3O4/c1-14(2)23-22(24(26)29(3)28-23)20(12-21(30)31)27-25(32)33-13-19-17-10-6-4-8-15(17)16-9-5-7-11-18(16)19/h4-11,14,19-20H,12-13H2,1-3H3,(H,27,32)(H,30,31)/t20-/m0/s1. The van der Waals surface area contributed by atoms with Gasteiger partial charge in [0.05, 0.1) is 18.2 Å². The molecule has 2 N–H and O–H groups in total. The monoisotopic (exact) mass is 467 g/mol. The van der Waals surface area contributed by atoms with Crippen molar-refractivity contribution in [3.63, 3.8) is 0 Å². The van der Waals surface area contributed by atoms with Crippen molar-refractivity contribution >= 4 is 23.7 Å². The number of aliphatic carboxylic acids is 1. The van der Waals surface area contributed by atoms with Crippen molar-refractivity contribution in [1.29, 1.82) is 0 Å². The van der Waals surface area contributed by atoms with E-state index in [4.69, 9.17) is 16.3 Å². The van der Waals surface area contributed by atoms with Crippen LogP contribution < -0.4 is 5.32 Å². The number of alkyl carbamates (subject to hydrolysis) is 1. The van der Waals surface area contributed by atoms with Crippen LogP contribution in [0.1, 0.15) is 60.5 Å². The van der Waals surface area contributed by atoms with Gasteiger partial charge in [0.1, 0.15) is 11.8 Å². The van der Waals surface area contributed by atoms with E-state index in [1.165, 1.54) is 4.68 Å². The minimum atomic E-state index is -1.06. The maximum atomic E-state index is 12.8. The van der Waals surface area contributed by atoms with Gasteiger partial charge in [-0.25, -0.2) is 4.79 Å². The number of aryl methyl sites for hydroxylation is 1. The Morgan fingerprint density at radius 1 is 1.12 bits per heavy atom. The van der Waals surface area contributed by atoms with Gasteiger partial charge in [-0.3, -0.25) is 9.48 Å². The van der Waals surface area contributed by atoms with Crippen LogP contribution in [0.25, 0.3) is 11.1 Å². The predicted octanol–water partition coefficient (Wildman–Crippen LogP) is 5.25. The second-order valence-electron chi connectivity index (χ2n) is 8.49. The highest BCUT2D eigenvalue weighted by atomic mass is 35.5. The van der Waals surface area contributed by atoms with E-state index in [1.54, 1.807) is 7.05 Å². The van der Waals surface area contributed by atoms with E-state index in [9.17, 15) is 14.7 Å². The number of benzene rings is 2. The fourth-order valence-corrected chi connectivity index (χ4v) is 4.74. The number of fused-ring (bicyclic) bond motifs is 3. The molecule has 0 radical (unpaired) electrons. The average Bonchev–Trinajstić information content (AvgIpc) is 3.26. The minimum Gasteiger partial charge on any atom is -0.481 e. The number of carboxylic acids is 1. The molecule has 0 saturated carbocycles. The number of amides is 1. The highest BCUT2D eigenvalue weighted by Crippen LogP contribution is 2.44. The average molecular weight is 468 g/mol. The summed E-state index contributed by atoms with van der Waals surface area (Å²) in [6.07, 6.45) is -1.03. The number of carboxylic acid groups (broad SMARTS) is 1. The van der Waals surface area contributed by atoms with Crippen molar-refractivity contribution in [2.45, 2.75) is 38.1 Å². The lowest BCUT2D eigenvalue weighted by atomic mass is 9.98. The highest BCUT2D eigenvalue weighted by Gasteiger charge is 2.31. The zero-order valence-electron chi connectivity index (χ0n) is 18.7. The summed E-state index contributed by atoms with van der Waals surface area (Å²) in [5.74, 6) is -1.15. The minimum absolute atomic E-state index is 0.000641. The molecule has 3 aromatic rings. The number of nitrogens with one attached hydrogen (secondary N) is 1. The van der Waals surface area contributed by atoms with Crippen molar-refractivity contribution in [2.75, 3.05) is 6.61 Å². The van der Waals surface area contributed by atoms with Gasteiger partial charge in [-0.05, 0) is 28.2 Å². The summed E-state index contributed by atoms with van der Waals surface area (Å²) in [6.45, 7) is 4.01. The fraction of sp³-hybridized carbons (Fsp3) is 0.320. The zero-order valence-corrected chi connectivity index (χ0v) is 19.5. The lowest BCUT2D eigenvalue weighted by Gasteiger charge is -2.20. The molecule has 0 spiro atoms. The SMILES string of the molecule is CC(C)c1nn(C)c(Cl)c1[C@H](CC(=O)O)NC(=O)OCC1c2ccccc2-c2ccccc21. The number of hydrogen-bond donors (Lipinski definition) is 2. The fourth-order valence-electron chi connectivity index (χ4n) is 4.47. The van der Waals surface area contributed by atoms with Gasteiger partial charge in [-0.1, -0.05) is 74.0 Å². The maximum absolute atomic E-state index is 12.8. The number of rotatable bonds is 7. The summed E-state index contributed by atoms with van der Waals surface area (Å²) in [7, 11) is 1.68. The van der Waals surface area contributed by atoms with Gasteiger partial charge in [0.25, 0.3) is 0 Å². The number of ether oxygens (including phenoxy) is 1. The first-order chi connectivity index (χ1) is 15.8. The van der Waals surface area contributed by atoms with E-state index < -0.39 is 18.1 Å². The first kappa shape index (κ1) is 22.9. The molecule has 4 rings (SSSR count). The Morgan fingerprint density at radius 3 is 2.24 bits per heavy atom. The van der Waals surface area contributed by atoms with E-state index in [1.807, 2.05) is 50.2 Å². The smallest absolute Gasteiger partial charge is 0.407 e. The van der Waals surface area contributed by atoms with Crippen LogP contribution in [0.2, 0.25) is 5.15 Å². The molecule has 1 aromatic heterocycles. The molecule has 1 aliphatic rings. The Labute approximate surface area is 197 Å². The molecule has 1 amide bonds. The molecule has 1 atom stereocenters.